The number of allylic oxidation sites excluding steroid dienone is 2. The zero-order valence-corrected chi connectivity index (χ0v) is 15.3. The number of benzene rings is 1. The van der Waals surface area contributed by atoms with E-state index in [1.165, 1.54) is 31.2 Å². The molecule has 1 aromatic rings. The Bertz CT molecular complexity index is 939. The van der Waals surface area contributed by atoms with Gasteiger partial charge in [0, 0.05) is 5.69 Å². The molecule has 1 aliphatic heterocycles. The van der Waals surface area contributed by atoms with Crippen LogP contribution in [0.15, 0.2) is 41.3 Å². The number of nitrogens with one attached hydrogen (secondary N) is 1. The quantitative estimate of drug-likeness (QED) is 0.572. The van der Waals surface area contributed by atoms with Crippen molar-refractivity contribution in [2.45, 2.75) is 24.3 Å². The lowest BCUT2D eigenvalue weighted by molar-refractivity contribution is -0.146. The summed E-state index contributed by atoms with van der Waals surface area (Å²) in [5.74, 6) is -1.61. The lowest BCUT2D eigenvalue weighted by Gasteiger charge is -2.23. The highest BCUT2D eigenvalue weighted by atomic mass is 32.2. The van der Waals surface area contributed by atoms with Crippen molar-refractivity contribution in [3.63, 3.8) is 0 Å². The van der Waals surface area contributed by atoms with Gasteiger partial charge in [-0.1, -0.05) is 12.2 Å². The van der Waals surface area contributed by atoms with E-state index in [-0.39, 0.29) is 40.4 Å². The molecule has 4 rings (SSSR count). The standard InChI is InChI=1S/C18H19N3O5S/c1-9(16(22)20-12-4-6-13(7-5-12)27(19,25)26)21-17(23)14-10-2-3-11(8-10)15(14)18(21)24/h2-7,9-11,14-15H,8H2,1H3,(H,20,22)(H2,19,25,26)/t9-,10-,11+,14-,15+/m0/s1. The summed E-state index contributed by atoms with van der Waals surface area (Å²) in [5, 5.41) is 7.65. The molecule has 2 fully saturated rings. The lowest BCUT2D eigenvalue weighted by Crippen LogP contribution is -2.46. The van der Waals surface area contributed by atoms with E-state index in [1.54, 1.807) is 0 Å². The molecule has 2 aliphatic carbocycles. The third-order valence-corrected chi connectivity index (χ3v) is 6.65. The Morgan fingerprint density at radius 1 is 1.11 bits per heavy atom. The average Bonchev–Trinajstić information content (AvgIpc) is 3.28. The van der Waals surface area contributed by atoms with E-state index >= 15 is 0 Å². The molecule has 27 heavy (non-hydrogen) atoms. The van der Waals surface area contributed by atoms with Crippen LogP contribution in [0.4, 0.5) is 5.69 Å². The van der Waals surface area contributed by atoms with Gasteiger partial charge in [-0.05, 0) is 49.4 Å². The van der Waals surface area contributed by atoms with Gasteiger partial charge < -0.3 is 5.32 Å². The summed E-state index contributed by atoms with van der Waals surface area (Å²) in [6.45, 7) is 1.51. The minimum atomic E-state index is -3.82. The van der Waals surface area contributed by atoms with Crippen molar-refractivity contribution in [2.75, 3.05) is 5.32 Å². The van der Waals surface area contributed by atoms with Gasteiger partial charge in [0.25, 0.3) is 0 Å². The molecule has 9 heteroatoms. The fourth-order valence-corrected chi connectivity index (χ4v) is 4.91. The molecule has 1 aromatic carbocycles. The van der Waals surface area contributed by atoms with Crippen molar-refractivity contribution in [1.82, 2.24) is 4.90 Å². The number of hydrogen-bond acceptors (Lipinski definition) is 5. The number of rotatable bonds is 4. The summed E-state index contributed by atoms with van der Waals surface area (Å²) in [7, 11) is -3.82. The van der Waals surface area contributed by atoms with Gasteiger partial charge in [-0.2, -0.15) is 0 Å². The summed E-state index contributed by atoms with van der Waals surface area (Å²) in [5.41, 5.74) is 0.347. The van der Waals surface area contributed by atoms with E-state index < -0.39 is 22.0 Å². The largest absolute Gasteiger partial charge is 0.324 e. The Morgan fingerprint density at radius 3 is 2.11 bits per heavy atom. The number of anilines is 1. The van der Waals surface area contributed by atoms with Crippen molar-refractivity contribution in [2.24, 2.45) is 28.8 Å². The Hall–Kier alpha value is -2.52. The summed E-state index contributed by atoms with van der Waals surface area (Å²) < 4.78 is 22.6. The van der Waals surface area contributed by atoms with Crippen molar-refractivity contribution in [1.29, 1.82) is 0 Å². The summed E-state index contributed by atoms with van der Waals surface area (Å²) in [4.78, 5) is 39.1. The van der Waals surface area contributed by atoms with E-state index in [0.717, 1.165) is 11.3 Å². The second-order valence-corrected chi connectivity index (χ2v) is 8.84. The minimum Gasteiger partial charge on any atom is -0.324 e. The maximum Gasteiger partial charge on any atom is 0.247 e. The number of hydrogen-bond donors (Lipinski definition) is 2. The number of likely N-dealkylation sites (tertiary alicyclic amines) is 1. The molecule has 0 aromatic heterocycles. The van der Waals surface area contributed by atoms with Crippen LogP contribution in [0, 0.1) is 23.7 Å². The van der Waals surface area contributed by atoms with Crippen molar-refractivity contribution in [3.05, 3.63) is 36.4 Å². The lowest BCUT2D eigenvalue weighted by atomic mass is 9.85. The van der Waals surface area contributed by atoms with Crippen molar-refractivity contribution in [3.8, 4) is 0 Å². The highest BCUT2D eigenvalue weighted by Crippen LogP contribution is 2.52. The van der Waals surface area contributed by atoms with Crippen LogP contribution in [-0.4, -0.2) is 37.1 Å². The second-order valence-electron chi connectivity index (χ2n) is 7.28. The van der Waals surface area contributed by atoms with Crippen LogP contribution in [0.2, 0.25) is 0 Å². The fraction of sp³-hybridized carbons (Fsp3) is 0.389. The van der Waals surface area contributed by atoms with Crippen LogP contribution >= 0.6 is 0 Å². The van der Waals surface area contributed by atoms with Crippen LogP contribution in [0.5, 0.6) is 0 Å². The number of fused-ring (bicyclic) bond motifs is 5. The molecule has 0 unspecified atom stereocenters. The average molecular weight is 389 g/mol. The monoisotopic (exact) mass is 389 g/mol. The number of amides is 3. The van der Waals surface area contributed by atoms with Crippen LogP contribution in [0.3, 0.4) is 0 Å². The van der Waals surface area contributed by atoms with Gasteiger partial charge in [-0.3, -0.25) is 19.3 Å². The van der Waals surface area contributed by atoms with Crippen LogP contribution in [0.1, 0.15) is 13.3 Å². The van der Waals surface area contributed by atoms with E-state index in [4.69, 9.17) is 5.14 Å². The predicted molar refractivity (Wildman–Crippen MR) is 95.5 cm³/mol. The van der Waals surface area contributed by atoms with E-state index in [2.05, 4.69) is 5.32 Å². The molecular weight excluding hydrogens is 370 g/mol. The minimum absolute atomic E-state index is 0.0748. The zero-order chi connectivity index (χ0) is 19.5. The molecule has 1 heterocycles. The van der Waals surface area contributed by atoms with Gasteiger partial charge in [0.05, 0.1) is 16.7 Å². The first-order valence-electron chi connectivity index (χ1n) is 8.67. The second kappa shape index (κ2) is 6.00. The Labute approximate surface area is 156 Å². The number of sulfonamides is 1. The molecule has 0 spiro atoms. The number of imide groups is 1. The number of nitrogens with two attached hydrogens (primary N) is 1. The normalized spacial score (nSPS) is 29.9. The summed E-state index contributed by atoms with van der Waals surface area (Å²) in [6, 6.07) is 4.40. The van der Waals surface area contributed by atoms with Gasteiger partial charge in [-0.15, -0.1) is 0 Å². The maximum atomic E-state index is 12.8. The Kier molecular flexibility index (Phi) is 3.97. The van der Waals surface area contributed by atoms with Gasteiger partial charge in [0.1, 0.15) is 6.04 Å². The molecule has 5 atom stereocenters. The summed E-state index contributed by atoms with van der Waals surface area (Å²) >= 11 is 0. The van der Waals surface area contributed by atoms with Crippen molar-refractivity contribution >= 4 is 33.4 Å². The van der Waals surface area contributed by atoms with Gasteiger partial charge in [0.2, 0.25) is 27.7 Å². The smallest absolute Gasteiger partial charge is 0.247 e. The third kappa shape index (κ3) is 2.78. The van der Waals surface area contributed by atoms with E-state index in [0.29, 0.717) is 5.69 Å². The topological polar surface area (TPSA) is 127 Å². The Balaban J connectivity index is 1.48. The number of carbonyl (C=O) groups is 3. The zero-order valence-electron chi connectivity index (χ0n) is 14.5. The molecule has 3 amide bonds. The van der Waals surface area contributed by atoms with Crippen LogP contribution < -0.4 is 10.5 Å². The highest BCUT2D eigenvalue weighted by Gasteiger charge is 2.60. The molecule has 1 saturated carbocycles. The first-order chi connectivity index (χ1) is 12.7. The molecule has 8 nitrogen and oxygen atoms in total. The van der Waals surface area contributed by atoms with E-state index in [1.807, 2.05) is 12.2 Å². The van der Waals surface area contributed by atoms with Gasteiger partial charge >= 0.3 is 0 Å². The predicted octanol–water partition coefficient (Wildman–Crippen LogP) is 0.468. The first kappa shape index (κ1) is 17.9. The number of nitrogens with zero attached hydrogens (tertiary/aromatic N) is 1. The summed E-state index contributed by atoms with van der Waals surface area (Å²) in [6.07, 6.45) is 4.83. The SMILES string of the molecule is C[C@@H](C(=O)Nc1ccc(S(N)(=O)=O)cc1)N1C(=O)[C@@H]2[C@H](C1=O)[C@@H]1C=C[C@H]2C1. The van der Waals surface area contributed by atoms with Gasteiger partial charge in [0.15, 0.2) is 0 Å². The van der Waals surface area contributed by atoms with Crippen LogP contribution in [-0.2, 0) is 24.4 Å². The molecule has 2 bridgehead atoms. The van der Waals surface area contributed by atoms with E-state index in [9.17, 15) is 22.8 Å². The highest BCUT2D eigenvalue weighted by molar-refractivity contribution is 7.89. The molecule has 3 aliphatic rings. The molecule has 0 radical (unpaired) electrons. The maximum absolute atomic E-state index is 12.8. The molecule has 142 valence electrons. The van der Waals surface area contributed by atoms with Crippen molar-refractivity contribution < 1.29 is 22.8 Å². The number of carbonyl (C=O) groups excluding carboxylic acids is 3. The van der Waals surface area contributed by atoms with Gasteiger partial charge in [-0.25, -0.2) is 13.6 Å². The first-order valence-corrected chi connectivity index (χ1v) is 10.2. The number of primary sulfonamides is 1. The third-order valence-electron chi connectivity index (χ3n) is 5.72. The molecule has 3 N–H and O–H groups in total. The molecule has 1 saturated heterocycles. The molecular formula is C18H19N3O5S. The fourth-order valence-electron chi connectivity index (χ4n) is 4.40. The van der Waals surface area contributed by atoms with Crippen LogP contribution in [0.25, 0.3) is 0 Å². The Morgan fingerprint density at radius 2 is 1.63 bits per heavy atom.